The number of anilines is 5. The van der Waals surface area contributed by atoms with Crippen molar-refractivity contribution in [2.24, 2.45) is 5.92 Å². The highest BCUT2D eigenvalue weighted by Crippen LogP contribution is 2.40. The molecular formula is C47H59ClN9O5P. The number of nitrogens with one attached hydrogen (secondary N) is 4. The van der Waals surface area contributed by atoms with Gasteiger partial charge in [0.2, 0.25) is 17.8 Å². The summed E-state index contributed by atoms with van der Waals surface area (Å²) < 4.78 is 18.8. The summed E-state index contributed by atoms with van der Waals surface area (Å²) >= 11 is 6.50. The Morgan fingerprint density at radius 2 is 1.60 bits per heavy atom. The predicted octanol–water partition coefficient (Wildman–Crippen LogP) is 6.97. The predicted molar refractivity (Wildman–Crippen MR) is 250 cm³/mol. The summed E-state index contributed by atoms with van der Waals surface area (Å²) in [6.07, 6.45) is 9.08. The number of hydrogen-bond acceptors (Lipinski definition) is 12. The van der Waals surface area contributed by atoms with Crippen LogP contribution in [0.4, 0.5) is 28.8 Å². The van der Waals surface area contributed by atoms with Crippen molar-refractivity contribution in [3.63, 3.8) is 0 Å². The molecule has 4 aliphatic rings. The molecule has 8 rings (SSSR count). The van der Waals surface area contributed by atoms with Crippen LogP contribution in [0.1, 0.15) is 73.2 Å². The van der Waals surface area contributed by atoms with E-state index in [2.05, 4.69) is 58.1 Å². The average Bonchev–Trinajstić information content (AvgIpc) is 3.29. The molecule has 63 heavy (non-hydrogen) atoms. The Morgan fingerprint density at radius 1 is 0.873 bits per heavy atom. The maximum absolute atomic E-state index is 12.9. The second-order valence-corrected chi connectivity index (χ2v) is 21.4. The van der Waals surface area contributed by atoms with Crippen molar-refractivity contribution in [2.45, 2.75) is 69.4 Å². The number of halogens is 1. The second kappa shape index (κ2) is 19.8. The molecule has 1 atom stereocenters. The van der Waals surface area contributed by atoms with Crippen LogP contribution in [0.25, 0.3) is 0 Å². The number of benzene rings is 3. The molecule has 0 saturated carbocycles. The zero-order valence-corrected chi connectivity index (χ0v) is 38.1. The van der Waals surface area contributed by atoms with E-state index in [-0.39, 0.29) is 18.2 Å². The van der Waals surface area contributed by atoms with Gasteiger partial charge in [0, 0.05) is 48.7 Å². The van der Waals surface area contributed by atoms with Gasteiger partial charge in [-0.15, -0.1) is 0 Å². The molecule has 0 radical (unpaired) electrons. The minimum absolute atomic E-state index is 0.229. The summed E-state index contributed by atoms with van der Waals surface area (Å²) in [5, 5.41) is 12.7. The minimum Gasteiger partial charge on any atom is -0.495 e. The van der Waals surface area contributed by atoms with Gasteiger partial charge in [0.05, 0.1) is 24.7 Å². The van der Waals surface area contributed by atoms with Gasteiger partial charge >= 0.3 is 0 Å². The van der Waals surface area contributed by atoms with Crippen molar-refractivity contribution in [2.75, 3.05) is 81.8 Å². The van der Waals surface area contributed by atoms with Gasteiger partial charge in [-0.05, 0) is 150 Å². The van der Waals surface area contributed by atoms with Crippen LogP contribution in [0.5, 0.6) is 5.75 Å². The number of amides is 3. The molecule has 3 amide bonds. The summed E-state index contributed by atoms with van der Waals surface area (Å²) in [7, 11) is -0.857. The molecule has 1 unspecified atom stereocenters. The molecule has 4 N–H and O–H groups in total. The van der Waals surface area contributed by atoms with Crippen LogP contribution < -0.4 is 36.2 Å². The van der Waals surface area contributed by atoms with E-state index < -0.39 is 19.1 Å². The number of nitrogens with zero attached hydrogens (tertiary/aromatic N) is 5. The number of aromatic nitrogens is 2. The number of imide groups is 1. The molecule has 0 bridgehead atoms. The van der Waals surface area contributed by atoms with Crippen LogP contribution in [-0.4, -0.2) is 116 Å². The van der Waals surface area contributed by atoms with Crippen molar-refractivity contribution < 1.29 is 23.7 Å². The quantitative estimate of drug-likeness (QED) is 0.0808. The van der Waals surface area contributed by atoms with E-state index in [9.17, 15) is 18.9 Å². The number of hydrogen-bond donors (Lipinski definition) is 4. The van der Waals surface area contributed by atoms with Crippen LogP contribution in [-0.2, 0) is 14.2 Å². The zero-order chi connectivity index (χ0) is 44.1. The fourth-order valence-electron chi connectivity index (χ4n) is 9.58. The van der Waals surface area contributed by atoms with Gasteiger partial charge in [-0.2, -0.15) is 4.98 Å². The standard InChI is InChI=1S/C47H59ClN9O5P/c1-62-41-28-34(10-13-38(41)52-47-49-29-37(48)44(54-47)50-39-6-4-5-7-42(39)63(2,3)61)32-18-26-57(27-19-32)36-20-22-55(23-21-36)30-31-16-24-56(25-17-31)35-11-8-33(9-12-35)45(59)51-40-14-15-43(58)53-46(40)60/h4-13,28-29,31-32,36,40H,14-27,30H2,1-3H3,(H,51,59)(H,53,58,60)(H2,49,50,52,54). The first kappa shape index (κ1) is 44.6. The Balaban J connectivity index is 0.763. The molecule has 5 heterocycles. The van der Waals surface area contributed by atoms with Crippen LogP contribution >= 0.6 is 18.7 Å². The van der Waals surface area contributed by atoms with Crippen LogP contribution in [0.2, 0.25) is 5.02 Å². The third-order valence-corrected chi connectivity index (χ3v) is 15.0. The second-order valence-electron chi connectivity index (χ2n) is 17.8. The molecule has 4 aromatic rings. The van der Waals surface area contributed by atoms with E-state index in [1.807, 2.05) is 54.6 Å². The van der Waals surface area contributed by atoms with Gasteiger partial charge in [-0.3, -0.25) is 19.7 Å². The van der Waals surface area contributed by atoms with E-state index in [4.69, 9.17) is 16.3 Å². The van der Waals surface area contributed by atoms with Crippen molar-refractivity contribution in [1.82, 2.24) is 30.4 Å². The van der Waals surface area contributed by atoms with Gasteiger partial charge in [-0.25, -0.2) is 4.98 Å². The SMILES string of the molecule is COc1cc(C2CCN(C3CCN(CC4CCN(c5ccc(C(=O)NC6CCC(=O)NC6=O)cc5)CC4)CC3)CC2)ccc1Nc1ncc(Cl)c(Nc2ccccc2P(C)(C)=O)n1. The maximum Gasteiger partial charge on any atom is 0.251 e. The first-order valence-corrected chi connectivity index (χ1v) is 25.2. The Morgan fingerprint density at radius 3 is 2.30 bits per heavy atom. The van der Waals surface area contributed by atoms with Crippen molar-refractivity contribution in [1.29, 1.82) is 0 Å². The van der Waals surface area contributed by atoms with E-state index in [1.165, 1.54) is 18.4 Å². The summed E-state index contributed by atoms with van der Waals surface area (Å²) in [6.45, 7) is 11.2. The lowest BCUT2D eigenvalue weighted by atomic mass is 9.87. The molecular weight excluding hydrogens is 837 g/mol. The molecule has 334 valence electrons. The Labute approximate surface area is 375 Å². The monoisotopic (exact) mass is 895 g/mol. The van der Waals surface area contributed by atoms with Crippen LogP contribution in [0.3, 0.4) is 0 Å². The number of likely N-dealkylation sites (tertiary alicyclic amines) is 2. The lowest BCUT2D eigenvalue weighted by Crippen LogP contribution is -2.52. The molecule has 16 heteroatoms. The molecule has 0 spiro atoms. The number of piperidine rings is 4. The van der Waals surface area contributed by atoms with Gasteiger partial charge in [0.15, 0.2) is 5.82 Å². The molecule has 1 aromatic heterocycles. The minimum atomic E-state index is -2.54. The van der Waals surface area contributed by atoms with E-state index in [0.29, 0.717) is 52.3 Å². The first-order chi connectivity index (χ1) is 30.4. The lowest BCUT2D eigenvalue weighted by Gasteiger charge is -2.43. The third kappa shape index (κ3) is 11.0. The number of para-hydroxylation sites is 1. The number of methoxy groups -OCH3 is 1. The summed E-state index contributed by atoms with van der Waals surface area (Å²) in [6, 6.07) is 21.4. The van der Waals surface area contributed by atoms with Gasteiger partial charge in [0.25, 0.3) is 5.91 Å². The average molecular weight is 896 g/mol. The topological polar surface area (TPSA) is 161 Å². The highest BCUT2D eigenvalue weighted by Gasteiger charge is 2.31. The Hall–Kier alpha value is -5.01. The van der Waals surface area contributed by atoms with Gasteiger partial charge < -0.3 is 40.0 Å². The summed E-state index contributed by atoms with van der Waals surface area (Å²) in [4.78, 5) is 53.1. The number of carbonyl (C=O) groups excluding carboxylic acids is 3. The highest BCUT2D eigenvalue weighted by molar-refractivity contribution is 7.70. The number of ether oxygens (including phenoxy) is 1. The van der Waals surface area contributed by atoms with Crippen molar-refractivity contribution in [3.05, 3.63) is 89.1 Å². The lowest BCUT2D eigenvalue weighted by molar-refractivity contribution is -0.134. The fraction of sp³-hybridized carbons (Fsp3) is 0.468. The summed E-state index contributed by atoms with van der Waals surface area (Å²) in [5.74, 6) is 1.62. The summed E-state index contributed by atoms with van der Waals surface area (Å²) in [5.41, 5.74) is 4.36. The molecule has 14 nitrogen and oxygen atoms in total. The number of rotatable bonds is 13. The Kier molecular flexibility index (Phi) is 14.0. The fourth-order valence-corrected chi connectivity index (χ4v) is 10.9. The van der Waals surface area contributed by atoms with E-state index in [1.54, 1.807) is 26.6 Å². The largest absolute Gasteiger partial charge is 0.495 e. The maximum atomic E-state index is 12.9. The molecule has 3 aromatic carbocycles. The number of carbonyl (C=O) groups is 3. The highest BCUT2D eigenvalue weighted by atomic mass is 35.5. The molecule has 0 aliphatic carbocycles. The van der Waals surface area contributed by atoms with Crippen LogP contribution in [0.15, 0.2) is 72.9 Å². The third-order valence-electron chi connectivity index (χ3n) is 13.2. The zero-order valence-electron chi connectivity index (χ0n) is 36.4. The first-order valence-electron chi connectivity index (χ1n) is 22.2. The normalized spacial score (nSPS) is 20.0. The molecule has 4 fully saturated rings. The van der Waals surface area contributed by atoms with Gasteiger partial charge in [0.1, 0.15) is 24.0 Å². The van der Waals surface area contributed by atoms with Crippen molar-refractivity contribution in [3.8, 4) is 5.75 Å². The molecule has 4 aliphatic heterocycles. The van der Waals surface area contributed by atoms with E-state index in [0.717, 1.165) is 93.9 Å². The Bertz CT molecular complexity index is 2320. The van der Waals surface area contributed by atoms with Crippen molar-refractivity contribution >= 4 is 70.6 Å². The van der Waals surface area contributed by atoms with Crippen LogP contribution in [0, 0.1) is 5.92 Å². The molecule has 4 saturated heterocycles. The van der Waals surface area contributed by atoms with E-state index >= 15 is 0 Å². The van der Waals surface area contributed by atoms with Gasteiger partial charge in [-0.1, -0.05) is 29.8 Å². The smallest absolute Gasteiger partial charge is 0.251 e.